The van der Waals surface area contributed by atoms with Gasteiger partial charge in [-0.25, -0.2) is 9.97 Å². The maximum Gasteiger partial charge on any atom is 0.425 e. The summed E-state index contributed by atoms with van der Waals surface area (Å²) in [7, 11) is 0. The molecule has 0 bridgehead atoms. The predicted octanol–water partition coefficient (Wildman–Crippen LogP) is 4.16. The predicted molar refractivity (Wildman–Crippen MR) is 95.8 cm³/mol. The quantitative estimate of drug-likeness (QED) is 0.670. The Labute approximate surface area is 157 Å². The van der Waals surface area contributed by atoms with E-state index in [2.05, 4.69) is 9.97 Å². The Hall–Kier alpha value is -2.42. The molecule has 0 aromatic carbocycles. The van der Waals surface area contributed by atoms with Crippen molar-refractivity contribution in [3.05, 3.63) is 46.0 Å². The average molecular weight is 394 g/mol. The molecule has 1 aliphatic rings. The van der Waals surface area contributed by atoms with E-state index in [1.807, 2.05) is 23.6 Å². The third-order valence-corrected chi connectivity index (χ3v) is 5.90. The number of pyridine rings is 1. The summed E-state index contributed by atoms with van der Waals surface area (Å²) in [4.78, 5) is 22.7. The van der Waals surface area contributed by atoms with Crippen molar-refractivity contribution in [3.63, 3.8) is 0 Å². The number of carbonyl (C=O) groups excluding carboxylic acids is 1. The first-order valence-corrected chi connectivity index (χ1v) is 9.47. The molecule has 0 unspecified atom stereocenters. The van der Waals surface area contributed by atoms with Crippen LogP contribution in [0.3, 0.4) is 0 Å². The van der Waals surface area contributed by atoms with E-state index < -0.39 is 11.1 Å². The Morgan fingerprint density at radius 3 is 2.85 bits per heavy atom. The van der Waals surface area contributed by atoms with Crippen molar-refractivity contribution in [3.8, 4) is 0 Å². The van der Waals surface area contributed by atoms with E-state index in [1.165, 1.54) is 6.07 Å². The second-order valence-electron chi connectivity index (χ2n) is 6.46. The SMILES string of the molecule is CCn1c([C@@H]2CCN(C(=O)c3ccc(C(F)(F)F)s3)C2)nc2cccnc21. The van der Waals surface area contributed by atoms with Crippen molar-refractivity contribution in [2.45, 2.75) is 32.0 Å². The first kappa shape index (κ1) is 18.0. The second kappa shape index (κ2) is 6.63. The van der Waals surface area contributed by atoms with Gasteiger partial charge in [0.15, 0.2) is 5.65 Å². The molecule has 0 aliphatic carbocycles. The van der Waals surface area contributed by atoms with Gasteiger partial charge in [-0.05, 0) is 37.6 Å². The van der Waals surface area contributed by atoms with Gasteiger partial charge < -0.3 is 9.47 Å². The molecule has 1 aliphatic heterocycles. The van der Waals surface area contributed by atoms with Crippen LogP contribution in [0.2, 0.25) is 0 Å². The molecule has 9 heteroatoms. The molecule has 1 saturated heterocycles. The Morgan fingerprint density at radius 2 is 2.15 bits per heavy atom. The van der Waals surface area contributed by atoms with Crippen LogP contribution in [0.4, 0.5) is 13.2 Å². The lowest BCUT2D eigenvalue weighted by Gasteiger charge is -2.16. The Balaban J connectivity index is 1.55. The average Bonchev–Trinajstić information content (AvgIpc) is 3.36. The number of aryl methyl sites for hydroxylation is 1. The van der Waals surface area contributed by atoms with Crippen molar-refractivity contribution in [2.75, 3.05) is 13.1 Å². The number of halogens is 3. The monoisotopic (exact) mass is 394 g/mol. The number of hydrogen-bond donors (Lipinski definition) is 0. The third-order valence-electron chi connectivity index (χ3n) is 4.79. The van der Waals surface area contributed by atoms with Crippen molar-refractivity contribution in [2.24, 2.45) is 0 Å². The number of carbonyl (C=O) groups is 1. The molecule has 0 saturated carbocycles. The topological polar surface area (TPSA) is 51.0 Å². The number of fused-ring (bicyclic) bond motifs is 1. The standard InChI is InChI=1S/C18H17F3N4OS/c1-2-25-15(23-12-4-3-8-22-16(12)25)11-7-9-24(10-11)17(26)13-5-6-14(27-13)18(19,20)21/h3-6,8,11H,2,7,9-10H2,1H3/t11-/m1/s1. The van der Waals surface area contributed by atoms with E-state index in [9.17, 15) is 18.0 Å². The third kappa shape index (κ3) is 3.20. The molecule has 3 aromatic rings. The van der Waals surface area contributed by atoms with Gasteiger partial charge in [0.05, 0.1) is 4.88 Å². The van der Waals surface area contributed by atoms with Crippen molar-refractivity contribution >= 4 is 28.4 Å². The summed E-state index contributed by atoms with van der Waals surface area (Å²) in [6.07, 6.45) is -1.97. The molecule has 3 aromatic heterocycles. The molecule has 4 heterocycles. The van der Waals surface area contributed by atoms with Crippen LogP contribution in [0.5, 0.6) is 0 Å². The van der Waals surface area contributed by atoms with E-state index in [0.29, 0.717) is 31.0 Å². The molecular formula is C18H17F3N4OS. The highest BCUT2D eigenvalue weighted by molar-refractivity contribution is 7.14. The molecule has 27 heavy (non-hydrogen) atoms. The normalized spacial score (nSPS) is 17.8. The van der Waals surface area contributed by atoms with Crippen molar-refractivity contribution in [1.29, 1.82) is 0 Å². The summed E-state index contributed by atoms with van der Waals surface area (Å²) in [5.41, 5.74) is 1.63. The molecule has 1 atom stereocenters. The van der Waals surface area contributed by atoms with Gasteiger partial charge in [-0.2, -0.15) is 13.2 Å². The summed E-state index contributed by atoms with van der Waals surface area (Å²) in [6, 6.07) is 5.96. The zero-order valence-electron chi connectivity index (χ0n) is 14.5. The second-order valence-corrected chi connectivity index (χ2v) is 7.54. The number of nitrogens with zero attached hydrogens (tertiary/aromatic N) is 4. The van der Waals surface area contributed by atoms with Crippen LogP contribution in [0, 0.1) is 0 Å². The lowest BCUT2D eigenvalue weighted by Crippen LogP contribution is -2.28. The van der Waals surface area contributed by atoms with E-state index >= 15 is 0 Å². The lowest BCUT2D eigenvalue weighted by atomic mass is 10.1. The minimum absolute atomic E-state index is 0.0464. The van der Waals surface area contributed by atoms with Crippen molar-refractivity contribution in [1.82, 2.24) is 19.4 Å². The highest BCUT2D eigenvalue weighted by Crippen LogP contribution is 2.36. The van der Waals surface area contributed by atoms with Gasteiger partial charge in [-0.15, -0.1) is 11.3 Å². The first-order valence-electron chi connectivity index (χ1n) is 8.66. The molecule has 142 valence electrons. The van der Waals surface area contributed by atoms with Crippen molar-refractivity contribution < 1.29 is 18.0 Å². The fourth-order valence-electron chi connectivity index (χ4n) is 3.52. The molecule has 0 N–H and O–H groups in total. The van der Waals surface area contributed by atoms with E-state index in [1.54, 1.807) is 11.1 Å². The summed E-state index contributed by atoms with van der Waals surface area (Å²) in [6.45, 7) is 3.68. The Kier molecular flexibility index (Phi) is 4.41. The number of rotatable bonds is 3. The van der Waals surface area contributed by atoms with Crippen LogP contribution >= 0.6 is 11.3 Å². The minimum atomic E-state index is -4.42. The summed E-state index contributed by atoms with van der Waals surface area (Å²) < 4.78 is 40.4. The molecule has 0 radical (unpaired) electrons. The van der Waals surface area contributed by atoms with Crippen LogP contribution in [-0.4, -0.2) is 38.4 Å². The molecule has 0 spiro atoms. The number of alkyl halides is 3. The lowest BCUT2D eigenvalue weighted by molar-refractivity contribution is -0.134. The smallest absolute Gasteiger partial charge is 0.337 e. The number of thiophene rings is 1. The van der Waals surface area contributed by atoms with Gasteiger partial charge in [0.25, 0.3) is 5.91 Å². The number of amides is 1. The maximum absolute atomic E-state index is 12.8. The molecular weight excluding hydrogens is 377 g/mol. The largest absolute Gasteiger partial charge is 0.425 e. The number of likely N-dealkylation sites (tertiary alicyclic amines) is 1. The van der Waals surface area contributed by atoms with Crippen LogP contribution < -0.4 is 0 Å². The van der Waals surface area contributed by atoms with Gasteiger partial charge in [0.2, 0.25) is 0 Å². The zero-order chi connectivity index (χ0) is 19.2. The molecule has 4 rings (SSSR count). The van der Waals surface area contributed by atoms with Gasteiger partial charge >= 0.3 is 6.18 Å². The fourth-order valence-corrected chi connectivity index (χ4v) is 4.36. The van der Waals surface area contributed by atoms with Gasteiger partial charge in [0, 0.05) is 31.7 Å². The molecule has 1 fully saturated rings. The van der Waals surface area contributed by atoms with Gasteiger partial charge in [-0.3, -0.25) is 4.79 Å². The molecule has 1 amide bonds. The number of imidazole rings is 1. The Bertz CT molecular complexity index is 994. The first-order chi connectivity index (χ1) is 12.9. The van der Waals surface area contributed by atoms with Crippen LogP contribution in [0.25, 0.3) is 11.2 Å². The number of aromatic nitrogens is 3. The molecule has 5 nitrogen and oxygen atoms in total. The minimum Gasteiger partial charge on any atom is -0.337 e. The zero-order valence-corrected chi connectivity index (χ0v) is 15.3. The maximum atomic E-state index is 12.8. The highest BCUT2D eigenvalue weighted by Gasteiger charge is 2.35. The van der Waals surface area contributed by atoms with Gasteiger partial charge in [-0.1, -0.05) is 0 Å². The number of hydrogen-bond acceptors (Lipinski definition) is 4. The fraction of sp³-hybridized carbons (Fsp3) is 0.389. The van der Waals surface area contributed by atoms with E-state index in [0.717, 1.165) is 29.5 Å². The van der Waals surface area contributed by atoms with Crippen LogP contribution in [0.15, 0.2) is 30.5 Å². The Morgan fingerprint density at radius 1 is 1.33 bits per heavy atom. The van der Waals surface area contributed by atoms with Gasteiger partial charge in [0.1, 0.15) is 16.2 Å². The highest BCUT2D eigenvalue weighted by atomic mass is 32.1. The van der Waals surface area contributed by atoms with Crippen LogP contribution in [-0.2, 0) is 12.7 Å². The summed E-state index contributed by atoms with van der Waals surface area (Å²) in [5.74, 6) is 0.573. The summed E-state index contributed by atoms with van der Waals surface area (Å²) in [5, 5.41) is 0. The van der Waals surface area contributed by atoms with Crippen LogP contribution in [0.1, 0.15) is 39.6 Å². The summed E-state index contributed by atoms with van der Waals surface area (Å²) >= 11 is 0.496. The van der Waals surface area contributed by atoms with E-state index in [4.69, 9.17) is 0 Å². The van der Waals surface area contributed by atoms with E-state index in [-0.39, 0.29) is 16.7 Å².